The predicted octanol–water partition coefficient (Wildman–Crippen LogP) is 2.48. The SMILES string of the molecule is Oc1ccc(CS)cc1Cl. The number of phenols is 1. The Morgan fingerprint density at radius 2 is 2.20 bits per heavy atom. The normalized spacial score (nSPS) is 9.80. The van der Waals surface area contributed by atoms with E-state index in [4.69, 9.17) is 16.7 Å². The fourth-order valence-corrected chi connectivity index (χ4v) is 1.05. The van der Waals surface area contributed by atoms with Gasteiger partial charge in [0.05, 0.1) is 5.02 Å². The van der Waals surface area contributed by atoms with E-state index >= 15 is 0 Å². The van der Waals surface area contributed by atoms with Gasteiger partial charge in [0, 0.05) is 5.75 Å². The molecule has 1 N–H and O–H groups in total. The number of benzene rings is 1. The van der Waals surface area contributed by atoms with E-state index in [-0.39, 0.29) is 5.75 Å². The molecule has 0 aliphatic rings. The molecule has 0 radical (unpaired) electrons. The van der Waals surface area contributed by atoms with E-state index in [2.05, 4.69) is 12.6 Å². The van der Waals surface area contributed by atoms with Crippen molar-refractivity contribution in [2.75, 3.05) is 0 Å². The smallest absolute Gasteiger partial charge is 0.134 e. The molecule has 1 aromatic carbocycles. The van der Waals surface area contributed by atoms with Crippen LogP contribution in [0.4, 0.5) is 0 Å². The van der Waals surface area contributed by atoms with E-state index < -0.39 is 0 Å². The maximum absolute atomic E-state index is 8.98. The lowest BCUT2D eigenvalue weighted by atomic mass is 10.2. The van der Waals surface area contributed by atoms with Crippen LogP contribution in [0.2, 0.25) is 5.02 Å². The molecule has 0 saturated heterocycles. The molecule has 0 aromatic heterocycles. The van der Waals surface area contributed by atoms with Crippen molar-refractivity contribution in [2.45, 2.75) is 5.75 Å². The summed E-state index contributed by atoms with van der Waals surface area (Å²) in [7, 11) is 0. The molecular formula is C7H7ClOS. The Hall–Kier alpha value is -0.340. The summed E-state index contributed by atoms with van der Waals surface area (Å²) >= 11 is 9.66. The van der Waals surface area contributed by atoms with E-state index in [9.17, 15) is 0 Å². The number of rotatable bonds is 1. The summed E-state index contributed by atoms with van der Waals surface area (Å²) in [5, 5.41) is 9.36. The van der Waals surface area contributed by atoms with Crippen LogP contribution < -0.4 is 0 Å². The monoisotopic (exact) mass is 174 g/mol. The summed E-state index contributed by atoms with van der Waals surface area (Å²) in [5.41, 5.74) is 1.01. The van der Waals surface area contributed by atoms with Gasteiger partial charge in [0.15, 0.2) is 0 Å². The largest absolute Gasteiger partial charge is 0.506 e. The van der Waals surface area contributed by atoms with Crippen molar-refractivity contribution in [2.24, 2.45) is 0 Å². The van der Waals surface area contributed by atoms with Crippen molar-refractivity contribution in [3.8, 4) is 5.75 Å². The number of aromatic hydroxyl groups is 1. The zero-order valence-electron chi connectivity index (χ0n) is 5.21. The van der Waals surface area contributed by atoms with E-state index in [0.717, 1.165) is 5.56 Å². The van der Waals surface area contributed by atoms with Crippen LogP contribution in [-0.4, -0.2) is 5.11 Å². The van der Waals surface area contributed by atoms with Crippen LogP contribution in [0.25, 0.3) is 0 Å². The van der Waals surface area contributed by atoms with Gasteiger partial charge >= 0.3 is 0 Å². The van der Waals surface area contributed by atoms with Crippen LogP contribution in [0, 0.1) is 0 Å². The maximum atomic E-state index is 8.98. The molecule has 1 nitrogen and oxygen atoms in total. The Labute approximate surface area is 70.0 Å². The highest BCUT2D eigenvalue weighted by atomic mass is 35.5. The number of halogens is 1. The van der Waals surface area contributed by atoms with E-state index in [1.807, 2.05) is 0 Å². The second-order valence-electron chi connectivity index (χ2n) is 1.94. The molecule has 0 aliphatic heterocycles. The first-order valence-electron chi connectivity index (χ1n) is 2.82. The molecule has 0 fully saturated rings. The molecule has 0 saturated carbocycles. The molecule has 0 bridgehead atoms. The average molecular weight is 175 g/mol. The van der Waals surface area contributed by atoms with Gasteiger partial charge in [-0.3, -0.25) is 0 Å². The van der Waals surface area contributed by atoms with Crippen molar-refractivity contribution in [3.63, 3.8) is 0 Å². The molecule has 0 heterocycles. The standard InChI is InChI=1S/C7H7ClOS/c8-6-3-5(4-10)1-2-7(6)9/h1-3,9-10H,4H2. The third-order valence-electron chi connectivity index (χ3n) is 1.19. The Bertz CT molecular complexity index is 237. The van der Waals surface area contributed by atoms with Gasteiger partial charge in [-0.05, 0) is 17.7 Å². The molecule has 1 rings (SSSR count). The summed E-state index contributed by atoms with van der Waals surface area (Å²) in [4.78, 5) is 0. The third-order valence-corrected chi connectivity index (χ3v) is 1.86. The zero-order chi connectivity index (χ0) is 7.56. The van der Waals surface area contributed by atoms with Crippen molar-refractivity contribution >= 4 is 24.2 Å². The molecule has 0 atom stereocenters. The van der Waals surface area contributed by atoms with Crippen molar-refractivity contribution in [1.82, 2.24) is 0 Å². The highest BCUT2D eigenvalue weighted by molar-refractivity contribution is 7.79. The molecule has 0 aliphatic carbocycles. The van der Waals surface area contributed by atoms with Crippen molar-refractivity contribution < 1.29 is 5.11 Å². The summed E-state index contributed by atoms with van der Waals surface area (Å²) < 4.78 is 0. The number of hydrogen-bond donors (Lipinski definition) is 2. The molecular weight excluding hydrogens is 168 g/mol. The fraction of sp³-hybridized carbons (Fsp3) is 0.143. The van der Waals surface area contributed by atoms with Gasteiger partial charge in [0.2, 0.25) is 0 Å². The molecule has 10 heavy (non-hydrogen) atoms. The van der Waals surface area contributed by atoms with E-state index in [0.29, 0.717) is 10.8 Å². The highest BCUT2D eigenvalue weighted by Gasteiger charge is 1.96. The van der Waals surface area contributed by atoms with Gasteiger partial charge in [-0.25, -0.2) is 0 Å². The minimum absolute atomic E-state index is 0.118. The van der Waals surface area contributed by atoms with Crippen molar-refractivity contribution in [1.29, 1.82) is 0 Å². The highest BCUT2D eigenvalue weighted by Crippen LogP contribution is 2.23. The second kappa shape index (κ2) is 3.17. The lowest BCUT2D eigenvalue weighted by Crippen LogP contribution is -1.76. The quantitative estimate of drug-likeness (QED) is 0.627. The van der Waals surface area contributed by atoms with Gasteiger partial charge in [-0.1, -0.05) is 17.7 Å². The van der Waals surface area contributed by atoms with Crippen LogP contribution in [0.15, 0.2) is 18.2 Å². The minimum atomic E-state index is 0.118. The fourth-order valence-electron chi connectivity index (χ4n) is 0.649. The van der Waals surface area contributed by atoms with Crippen LogP contribution in [0.1, 0.15) is 5.56 Å². The Morgan fingerprint density at radius 1 is 1.50 bits per heavy atom. The van der Waals surface area contributed by atoms with Gasteiger partial charge < -0.3 is 5.11 Å². The second-order valence-corrected chi connectivity index (χ2v) is 2.67. The lowest BCUT2D eigenvalue weighted by Gasteiger charge is -1.97. The minimum Gasteiger partial charge on any atom is -0.506 e. The average Bonchev–Trinajstić information content (AvgIpc) is 1.95. The molecule has 0 unspecified atom stereocenters. The summed E-state index contributed by atoms with van der Waals surface area (Å²) in [6.45, 7) is 0. The maximum Gasteiger partial charge on any atom is 0.134 e. The molecule has 0 spiro atoms. The topological polar surface area (TPSA) is 20.2 Å². The summed E-state index contributed by atoms with van der Waals surface area (Å²) in [6, 6.07) is 5.05. The van der Waals surface area contributed by atoms with Crippen LogP contribution in [0.3, 0.4) is 0 Å². The first kappa shape index (κ1) is 7.76. The van der Waals surface area contributed by atoms with Gasteiger partial charge in [-0.15, -0.1) is 0 Å². The van der Waals surface area contributed by atoms with Crippen molar-refractivity contribution in [3.05, 3.63) is 28.8 Å². The molecule has 3 heteroatoms. The third kappa shape index (κ3) is 1.58. The first-order chi connectivity index (χ1) is 4.74. The molecule has 1 aromatic rings. The Balaban J connectivity index is 3.04. The van der Waals surface area contributed by atoms with Gasteiger partial charge in [0.1, 0.15) is 5.75 Å². The Morgan fingerprint density at radius 3 is 2.70 bits per heavy atom. The number of thiol groups is 1. The summed E-state index contributed by atoms with van der Waals surface area (Å²) in [6.07, 6.45) is 0. The van der Waals surface area contributed by atoms with Crippen LogP contribution in [0.5, 0.6) is 5.75 Å². The lowest BCUT2D eigenvalue weighted by molar-refractivity contribution is 0.475. The van der Waals surface area contributed by atoms with Gasteiger partial charge in [-0.2, -0.15) is 12.6 Å². The van der Waals surface area contributed by atoms with Crippen LogP contribution in [-0.2, 0) is 5.75 Å². The Kier molecular flexibility index (Phi) is 2.46. The number of hydrogen-bond acceptors (Lipinski definition) is 2. The van der Waals surface area contributed by atoms with E-state index in [1.165, 1.54) is 0 Å². The zero-order valence-corrected chi connectivity index (χ0v) is 6.86. The summed E-state index contributed by atoms with van der Waals surface area (Å²) in [5.74, 6) is 0.757. The van der Waals surface area contributed by atoms with Crippen LogP contribution >= 0.6 is 24.2 Å². The van der Waals surface area contributed by atoms with E-state index in [1.54, 1.807) is 18.2 Å². The first-order valence-corrected chi connectivity index (χ1v) is 3.83. The number of phenolic OH excluding ortho intramolecular Hbond substituents is 1. The predicted molar refractivity (Wildman–Crippen MR) is 45.8 cm³/mol. The molecule has 0 amide bonds. The van der Waals surface area contributed by atoms with Gasteiger partial charge in [0.25, 0.3) is 0 Å². The molecule has 54 valence electrons.